The van der Waals surface area contributed by atoms with Crippen LogP contribution in [0.4, 0.5) is 0 Å². The summed E-state index contributed by atoms with van der Waals surface area (Å²) in [5, 5.41) is 3.63. The summed E-state index contributed by atoms with van der Waals surface area (Å²) in [4.78, 5) is 0. The molecule has 4 nitrogen and oxygen atoms in total. The van der Waals surface area contributed by atoms with Gasteiger partial charge in [0.25, 0.3) is 0 Å². The monoisotopic (exact) mass is 285 g/mol. The van der Waals surface area contributed by atoms with E-state index in [0.717, 1.165) is 36.6 Å². The Kier molecular flexibility index (Phi) is 3.31. The van der Waals surface area contributed by atoms with E-state index in [4.69, 9.17) is 13.9 Å². The minimum absolute atomic E-state index is 0.390. The molecule has 0 radical (unpaired) electrons. The lowest BCUT2D eigenvalue weighted by Crippen LogP contribution is -2.24. The second-order valence-electron chi connectivity index (χ2n) is 5.60. The fourth-order valence-corrected chi connectivity index (χ4v) is 3.14. The molecule has 0 amide bonds. The molecule has 1 unspecified atom stereocenters. The topological polar surface area (TPSA) is 43.6 Å². The summed E-state index contributed by atoms with van der Waals surface area (Å²) >= 11 is 0. The highest BCUT2D eigenvalue weighted by atomic mass is 16.6. The molecule has 110 valence electrons. The molecule has 1 aromatic carbocycles. The van der Waals surface area contributed by atoms with Crippen LogP contribution in [0.3, 0.4) is 0 Å². The first-order valence-corrected chi connectivity index (χ1v) is 7.58. The molecule has 2 aliphatic rings. The van der Waals surface area contributed by atoms with Crippen molar-refractivity contribution in [2.24, 2.45) is 0 Å². The van der Waals surface area contributed by atoms with Gasteiger partial charge in [-0.25, -0.2) is 0 Å². The maximum Gasteiger partial charge on any atom is 0.161 e. The van der Waals surface area contributed by atoms with Gasteiger partial charge in [0.1, 0.15) is 19.0 Å². The molecule has 0 saturated heterocycles. The maximum atomic E-state index is 5.63. The molecule has 4 rings (SSSR count). The Hall–Kier alpha value is -1.94. The summed E-state index contributed by atoms with van der Waals surface area (Å²) in [6.07, 6.45) is 5.20. The highest BCUT2D eigenvalue weighted by molar-refractivity contribution is 5.43. The number of fused-ring (bicyclic) bond motifs is 2. The molecule has 1 aliphatic carbocycles. The third kappa shape index (κ3) is 2.51. The van der Waals surface area contributed by atoms with Crippen LogP contribution in [0.5, 0.6) is 11.5 Å². The largest absolute Gasteiger partial charge is 0.486 e. The molecule has 21 heavy (non-hydrogen) atoms. The summed E-state index contributed by atoms with van der Waals surface area (Å²) in [6.45, 7) is 2.09. The van der Waals surface area contributed by atoms with Gasteiger partial charge < -0.3 is 19.2 Å². The van der Waals surface area contributed by atoms with Crippen molar-refractivity contribution in [1.82, 2.24) is 5.32 Å². The molecule has 0 bridgehead atoms. The fraction of sp³-hybridized carbons (Fsp3) is 0.412. The first-order valence-electron chi connectivity index (χ1n) is 7.58. The third-order valence-corrected chi connectivity index (χ3v) is 4.21. The van der Waals surface area contributed by atoms with Gasteiger partial charge in [-0.1, -0.05) is 6.07 Å². The van der Waals surface area contributed by atoms with E-state index >= 15 is 0 Å². The van der Waals surface area contributed by atoms with Gasteiger partial charge in [0, 0.05) is 24.6 Å². The normalized spacial score (nSPS) is 20.1. The van der Waals surface area contributed by atoms with Crippen LogP contribution >= 0.6 is 0 Å². The average Bonchev–Trinajstić information content (AvgIpc) is 3.02. The summed E-state index contributed by atoms with van der Waals surface area (Å²) < 4.78 is 16.7. The van der Waals surface area contributed by atoms with E-state index in [2.05, 4.69) is 23.5 Å². The van der Waals surface area contributed by atoms with Gasteiger partial charge in [-0.15, -0.1) is 0 Å². The zero-order valence-corrected chi connectivity index (χ0v) is 11.9. The zero-order valence-electron chi connectivity index (χ0n) is 11.9. The highest BCUT2D eigenvalue weighted by Crippen LogP contribution is 2.32. The predicted molar refractivity (Wildman–Crippen MR) is 78.7 cm³/mol. The van der Waals surface area contributed by atoms with Crippen LogP contribution in [0.25, 0.3) is 0 Å². The van der Waals surface area contributed by atoms with Gasteiger partial charge in [0.05, 0.1) is 6.26 Å². The van der Waals surface area contributed by atoms with Gasteiger partial charge in [0.15, 0.2) is 11.5 Å². The fourth-order valence-electron chi connectivity index (χ4n) is 3.14. The minimum atomic E-state index is 0.390. The highest BCUT2D eigenvalue weighted by Gasteiger charge is 2.22. The molecule has 1 aliphatic heterocycles. The molecular formula is C17H19NO3. The van der Waals surface area contributed by atoms with Crippen LogP contribution in [0, 0.1) is 0 Å². The molecule has 2 heterocycles. The SMILES string of the molecule is c1cc2c(o1)CCCC2NCc1ccc2c(c1)OCCO2. The Morgan fingerprint density at radius 2 is 2.00 bits per heavy atom. The quantitative estimate of drug-likeness (QED) is 0.940. The van der Waals surface area contributed by atoms with Crippen molar-refractivity contribution >= 4 is 0 Å². The smallest absolute Gasteiger partial charge is 0.161 e. The van der Waals surface area contributed by atoms with Crippen molar-refractivity contribution < 1.29 is 13.9 Å². The van der Waals surface area contributed by atoms with Gasteiger partial charge in [-0.05, 0) is 36.6 Å². The lowest BCUT2D eigenvalue weighted by atomic mass is 9.93. The number of aryl methyl sites for hydroxylation is 1. The van der Waals surface area contributed by atoms with E-state index in [9.17, 15) is 0 Å². The van der Waals surface area contributed by atoms with Crippen molar-refractivity contribution in [3.63, 3.8) is 0 Å². The van der Waals surface area contributed by atoms with Gasteiger partial charge in [0.2, 0.25) is 0 Å². The second-order valence-corrected chi connectivity index (χ2v) is 5.60. The van der Waals surface area contributed by atoms with Crippen LogP contribution in [0.2, 0.25) is 0 Å². The second kappa shape index (κ2) is 5.45. The summed E-state index contributed by atoms with van der Waals surface area (Å²) in [6, 6.07) is 8.65. The van der Waals surface area contributed by atoms with E-state index in [1.54, 1.807) is 6.26 Å². The van der Waals surface area contributed by atoms with E-state index < -0.39 is 0 Å². The number of rotatable bonds is 3. The number of ether oxygens (including phenoxy) is 2. The number of nitrogens with one attached hydrogen (secondary N) is 1. The molecule has 0 spiro atoms. The van der Waals surface area contributed by atoms with Gasteiger partial charge in [-0.2, -0.15) is 0 Å². The summed E-state index contributed by atoms with van der Waals surface area (Å²) in [5.41, 5.74) is 2.54. The Balaban J connectivity index is 1.46. The molecular weight excluding hydrogens is 266 g/mol. The molecule has 0 saturated carbocycles. The van der Waals surface area contributed by atoms with Crippen LogP contribution in [0.15, 0.2) is 34.9 Å². The Morgan fingerprint density at radius 1 is 1.10 bits per heavy atom. The van der Waals surface area contributed by atoms with Crippen molar-refractivity contribution in [2.45, 2.75) is 31.8 Å². The zero-order chi connectivity index (χ0) is 14.1. The van der Waals surface area contributed by atoms with Crippen LogP contribution in [0.1, 0.15) is 35.8 Å². The first kappa shape index (κ1) is 12.8. The number of hydrogen-bond acceptors (Lipinski definition) is 4. The standard InChI is InChI=1S/C17H19NO3/c1-2-14(13-6-7-19-15(13)3-1)18-11-12-4-5-16-17(10-12)21-9-8-20-16/h4-7,10,14,18H,1-3,8-9,11H2. The van der Waals surface area contributed by atoms with Gasteiger partial charge >= 0.3 is 0 Å². The minimum Gasteiger partial charge on any atom is -0.486 e. The van der Waals surface area contributed by atoms with Crippen LogP contribution in [-0.4, -0.2) is 13.2 Å². The van der Waals surface area contributed by atoms with Crippen molar-refractivity contribution in [3.8, 4) is 11.5 Å². The molecule has 1 aromatic heterocycles. The van der Waals surface area contributed by atoms with Gasteiger partial charge in [-0.3, -0.25) is 0 Å². The molecule has 4 heteroatoms. The molecule has 1 N–H and O–H groups in total. The van der Waals surface area contributed by atoms with E-state index in [-0.39, 0.29) is 0 Å². The van der Waals surface area contributed by atoms with E-state index in [0.29, 0.717) is 19.3 Å². The van der Waals surface area contributed by atoms with Crippen LogP contribution < -0.4 is 14.8 Å². The Bertz CT molecular complexity index is 635. The molecule has 2 aromatic rings. The molecule has 0 fully saturated rings. The average molecular weight is 285 g/mol. The number of benzene rings is 1. The van der Waals surface area contributed by atoms with Crippen molar-refractivity contribution in [3.05, 3.63) is 47.4 Å². The summed E-state index contributed by atoms with van der Waals surface area (Å²) in [5.74, 6) is 2.84. The Morgan fingerprint density at radius 3 is 2.95 bits per heavy atom. The van der Waals surface area contributed by atoms with Crippen molar-refractivity contribution in [1.29, 1.82) is 0 Å². The first-order chi connectivity index (χ1) is 10.4. The maximum absolute atomic E-state index is 5.63. The molecule has 1 atom stereocenters. The van der Waals surface area contributed by atoms with E-state index in [1.807, 2.05) is 6.07 Å². The van der Waals surface area contributed by atoms with E-state index in [1.165, 1.54) is 17.5 Å². The third-order valence-electron chi connectivity index (χ3n) is 4.21. The predicted octanol–water partition coefficient (Wildman–Crippen LogP) is 3.22. The van der Waals surface area contributed by atoms with Crippen LogP contribution in [-0.2, 0) is 13.0 Å². The number of furan rings is 1. The summed E-state index contributed by atoms with van der Waals surface area (Å²) in [7, 11) is 0. The number of hydrogen-bond donors (Lipinski definition) is 1. The lowest BCUT2D eigenvalue weighted by molar-refractivity contribution is 0.171. The Labute approximate surface area is 124 Å². The van der Waals surface area contributed by atoms with Crippen molar-refractivity contribution in [2.75, 3.05) is 13.2 Å². The lowest BCUT2D eigenvalue weighted by Gasteiger charge is -2.23.